The molecule has 0 saturated carbocycles. The van der Waals surface area contributed by atoms with Gasteiger partial charge in [0.2, 0.25) is 0 Å². The molecule has 0 radical (unpaired) electrons. The minimum absolute atomic E-state index is 0.0536. The van der Waals surface area contributed by atoms with E-state index in [1.165, 1.54) is 6.07 Å². The lowest BCUT2D eigenvalue weighted by Gasteiger charge is -2.13. The molecule has 1 aromatic carbocycles. The fourth-order valence-electron chi connectivity index (χ4n) is 1.49. The number of benzene rings is 1. The van der Waals surface area contributed by atoms with Crippen molar-refractivity contribution in [3.8, 4) is 0 Å². The van der Waals surface area contributed by atoms with Crippen molar-refractivity contribution in [1.82, 2.24) is 0 Å². The van der Waals surface area contributed by atoms with Gasteiger partial charge in [-0.15, -0.1) is 11.8 Å². The molecule has 0 bridgehead atoms. The number of rotatable bonds is 6. The first kappa shape index (κ1) is 13.5. The van der Waals surface area contributed by atoms with Crippen molar-refractivity contribution in [2.24, 2.45) is 5.73 Å². The minimum Gasteiger partial charge on any atom is -0.327 e. The molecule has 90 valence electrons. The molecule has 1 unspecified atom stereocenters. The lowest BCUT2D eigenvalue weighted by Crippen LogP contribution is -2.22. The molecule has 1 aromatic rings. The second-order valence-corrected chi connectivity index (χ2v) is 5.07. The lowest BCUT2D eigenvalue weighted by molar-refractivity contribution is 0.571. The van der Waals surface area contributed by atoms with Crippen LogP contribution < -0.4 is 5.73 Å². The Labute approximate surface area is 102 Å². The van der Waals surface area contributed by atoms with Gasteiger partial charge >= 0.3 is 0 Å². The Morgan fingerprint density at radius 2 is 2.12 bits per heavy atom. The Balaban J connectivity index is 2.85. The summed E-state index contributed by atoms with van der Waals surface area (Å²) in [5.41, 5.74) is 6.68. The predicted molar refractivity (Wildman–Crippen MR) is 69.4 cm³/mol. The fraction of sp³-hybridized carbons (Fsp3) is 0.538. The molecule has 0 aliphatic carbocycles. The van der Waals surface area contributed by atoms with Crippen LogP contribution in [0.4, 0.5) is 4.39 Å². The summed E-state index contributed by atoms with van der Waals surface area (Å²) in [6.07, 6.45) is 2.61. The maximum atomic E-state index is 13.7. The molecule has 0 aromatic heterocycles. The van der Waals surface area contributed by atoms with Crippen molar-refractivity contribution in [3.63, 3.8) is 0 Å². The topological polar surface area (TPSA) is 26.0 Å². The van der Waals surface area contributed by atoms with Gasteiger partial charge in [-0.3, -0.25) is 0 Å². The SMILES string of the molecule is CCCSc1cccc(F)c1CC(N)CC. The molecule has 16 heavy (non-hydrogen) atoms. The van der Waals surface area contributed by atoms with Gasteiger partial charge in [-0.05, 0) is 37.1 Å². The monoisotopic (exact) mass is 241 g/mol. The Morgan fingerprint density at radius 3 is 2.75 bits per heavy atom. The van der Waals surface area contributed by atoms with Crippen molar-refractivity contribution in [2.75, 3.05) is 5.75 Å². The zero-order valence-corrected chi connectivity index (χ0v) is 10.8. The zero-order valence-electron chi connectivity index (χ0n) is 10.0. The molecule has 1 nitrogen and oxygen atoms in total. The van der Waals surface area contributed by atoms with E-state index >= 15 is 0 Å². The third-order valence-electron chi connectivity index (χ3n) is 2.53. The van der Waals surface area contributed by atoms with Gasteiger partial charge < -0.3 is 5.73 Å². The molecular weight excluding hydrogens is 221 g/mol. The molecule has 0 spiro atoms. The van der Waals surface area contributed by atoms with E-state index in [-0.39, 0.29) is 11.9 Å². The average Bonchev–Trinajstić information content (AvgIpc) is 2.29. The summed E-state index contributed by atoms with van der Waals surface area (Å²) < 4.78 is 13.7. The molecule has 2 N–H and O–H groups in total. The fourth-order valence-corrected chi connectivity index (χ4v) is 2.44. The highest BCUT2D eigenvalue weighted by Gasteiger charge is 2.11. The molecule has 0 amide bonds. The van der Waals surface area contributed by atoms with E-state index in [4.69, 9.17) is 5.73 Å². The first-order chi connectivity index (χ1) is 7.69. The highest BCUT2D eigenvalue weighted by molar-refractivity contribution is 7.99. The minimum atomic E-state index is -0.120. The van der Waals surface area contributed by atoms with Gasteiger partial charge in [0.1, 0.15) is 5.82 Å². The van der Waals surface area contributed by atoms with E-state index in [1.54, 1.807) is 17.8 Å². The summed E-state index contributed by atoms with van der Waals surface area (Å²) in [5, 5.41) is 0. The van der Waals surface area contributed by atoms with Gasteiger partial charge in [0.15, 0.2) is 0 Å². The van der Waals surface area contributed by atoms with Gasteiger partial charge in [0.05, 0.1) is 0 Å². The van der Waals surface area contributed by atoms with Crippen LogP contribution in [0.1, 0.15) is 32.3 Å². The summed E-state index contributed by atoms with van der Waals surface area (Å²) in [7, 11) is 0. The third kappa shape index (κ3) is 3.80. The van der Waals surface area contributed by atoms with Crippen molar-refractivity contribution >= 4 is 11.8 Å². The third-order valence-corrected chi connectivity index (χ3v) is 3.83. The molecule has 0 heterocycles. The van der Waals surface area contributed by atoms with Crippen molar-refractivity contribution in [2.45, 2.75) is 44.0 Å². The maximum Gasteiger partial charge on any atom is 0.127 e. The van der Waals surface area contributed by atoms with Crippen LogP contribution >= 0.6 is 11.8 Å². The van der Waals surface area contributed by atoms with Gasteiger partial charge in [0.25, 0.3) is 0 Å². The Hall–Kier alpha value is -0.540. The number of thioether (sulfide) groups is 1. The molecule has 3 heteroatoms. The van der Waals surface area contributed by atoms with Crippen LogP contribution in [0.5, 0.6) is 0 Å². The van der Waals surface area contributed by atoms with Gasteiger partial charge in [-0.1, -0.05) is 19.9 Å². The molecule has 1 atom stereocenters. The highest BCUT2D eigenvalue weighted by atomic mass is 32.2. The van der Waals surface area contributed by atoms with Crippen LogP contribution in [0.15, 0.2) is 23.1 Å². The van der Waals surface area contributed by atoms with Crippen molar-refractivity contribution < 1.29 is 4.39 Å². The molecule has 0 aliphatic rings. The van der Waals surface area contributed by atoms with Crippen LogP contribution in [-0.4, -0.2) is 11.8 Å². The number of nitrogens with two attached hydrogens (primary N) is 1. The van der Waals surface area contributed by atoms with E-state index in [1.807, 2.05) is 13.0 Å². The van der Waals surface area contributed by atoms with E-state index in [0.29, 0.717) is 6.42 Å². The van der Waals surface area contributed by atoms with E-state index in [2.05, 4.69) is 6.92 Å². The summed E-state index contributed by atoms with van der Waals surface area (Å²) in [5.74, 6) is 0.905. The molecule has 0 aliphatic heterocycles. The Morgan fingerprint density at radius 1 is 1.38 bits per heavy atom. The van der Waals surface area contributed by atoms with E-state index in [9.17, 15) is 4.39 Å². The first-order valence-corrected chi connectivity index (χ1v) is 6.83. The second-order valence-electron chi connectivity index (χ2n) is 3.94. The number of hydrogen-bond donors (Lipinski definition) is 1. The lowest BCUT2D eigenvalue weighted by atomic mass is 10.0. The number of halogens is 1. The van der Waals surface area contributed by atoms with E-state index in [0.717, 1.165) is 29.1 Å². The molecule has 0 fully saturated rings. The van der Waals surface area contributed by atoms with Crippen LogP contribution in [0.2, 0.25) is 0 Å². The number of hydrogen-bond acceptors (Lipinski definition) is 2. The van der Waals surface area contributed by atoms with Crippen molar-refractivity contribution in [3.05, 3.63) is 29.6 Å². The van der Waals surface area contributed by atoms with Crippen molar-refractivity contribution in [1.29, 1.82) is 0 Å². The molecular formula is C13H20FNS. The van der Waals surface area contributed by atoms with Gasteiger partial charge in [-0.25, -0.2) is 4.39 Å². The van der Waals surface area contributed by atoms with Crippen LogP contribution in [-0.2, 0) is 6.42 Å². The van der Waals surface area contributed by atoms with Crippen LogP contribution in [0.3, 0.4) is 0 Å². The standard InChI is InChI=1S/C13H20FNS/c1-3-8-16-13-7-5-6-12(14)11(13)9-10(15)4-2/h5-7,10H,3-4,8-9,15H2,1-2H3. The average molecular weight is 241 g/mol. The molecule has 1 rings (SSSR count). The summed E-state index contributed by atoms with van der Waals surface area (Å²) in [6.45, 7) is 4.16. The van der Waals surface area contributed by atoms with Gasteiger partial charge in [-0.2, -0.15) is 0 Å². The smallest absolute Gasteiger partial charge is 0.127 e. The largest absolute Gasteiger partial charge is 0.327 e. The van der Waals surface area contributed by atoms with Gasteiger partial charge in [0, 0.05) is 16.5 Å². The van der Waals surface area contributed by atoms with Crippen LogP contribution in [0, 0.1) is 5.82 Å². The van der Waals surface area contributed by atoms with E-state index < -0.39 is 0 Å². The quantitative estimate of drug-likeness (QED) is 0.770. The second kappa shape index (κ2) is 6.92. The summed E-state index contributed by atoms with van der Waals surface area (Å²) in [6, 6.07) is 5.33. The zero-order chi connectivity index (χ0) is 12.0. The normalized spacial score (nSPS) is 12.8. The Bertz CT molecular complexity index is 328. The summed E-state index contributed by atoms with van der Waals surface area (Å²) in [4.78, 5) is 1.05. The molecule has 0 saturated heterocycles. The predicted octanol–water partition coefficient (Wildman–Crippen LogP) is 3.61. The Kier molecular flexibility index (Phi) is 5.85. The van der Waals surface area contributed by atoms with Crippen LogP contribution in [0.25, 0.3) is 0 Å². The first-order valence-electron chi connectivity index (χ1n) is 5.84. The maximum absolute atomic E-state index is 13.7. The summed E-state index contributed by atoms with van der Waals surface area (Å²) >= 11 is 1.72. The highest BCUT2D eigenvalue weighted by Crippen LogP contribution is 2.26.